The van der Waals surface area contributed by atoms with Crippen LogP contribution in [0.15, 0.2) is 18.2 Å². The Labute approximate surface area is 105 Å². The maximum Gasteiger partial charge on any atom is 0.254 e. The lowest BCUT2D eigenvalue weighted by atomic mass is 10.2. The number of nitrogens with one attached hydrogen (secondary N) is 1. The maximum atomic E-state index is 13.5. The lowest BCUT2D eigenvalue weighted by molar-refractivity contribution is 0.0906. The molecule has 2 N–H and O–H groups in total. The molecule has 0 bridgehead atoms. The summed E-state index contributed by atoms with van der Waals surface area (Å²) in [6, 6.07) is 4.23. The molecule has 5 heteroatoms. The molecule has 0 aliphatic carbocycles. The summed E-state index contributed by atoms with van der Waals surface area (Å²) in [5.41, 5.74) is -0.110. The van der Waals surface area contributed by atoms with Crippen LogP contribution >= 0.6 is 11.6 Å². The van der Waals surface area contributed by atoms with Gasteiger partial charge >= 0.3 is 0 Å². The number of carbonyl (C=O) groups is 1. The number of rotatable bonds is 5. The summed E-state index contributed by atoms with van der Waals surface area (Å²) in [4.78, 5) is 11.6. The van der Waals surface area contributed by atoms with Crippen molar-refractivity contribution in [2.45, 2.75) is 25.9 Å². The molecule has 0 saturated carbocycles. The van der Waals surface area contributed by atoms with E-state index in [0.29, 0.717) is 6.42 Å². The van der Waals surface area contributed by atoms with Crippen molar-refractivity contribution in [1.82, 2.24) is 5.32 Å². The van der Waals surface area contributed by atoms with Crippen molar-refractivity contribution in [2.24, 2.45) is 0 Å². The summed E-state index contributed by atoms with van der Waals surface area (Å²) in [5.74, 6) is -1.31. The molecule has 0 aromatic heterocycles. The van der Waals surface area contributed by atoms with Gasteiger partial charge in [0.25, 0.3) is 5.91 Å². The van der Waals surface area contributed by atoms with Crippen LogP contribution in [0.25, 0.3) is 0 Å². The van der Waals surface area contributed by atoms with Gasteiger partial charge in [0, 0.05) is 6.54 Å². The molecule has 0 fully saturated rings. The number of hydrogen-bond acceptors (Lipinski definition) is 2. The lowest BCUT2D eigenvalue weighted by Gasteiger charge is -2.11. The maximum absolute atomic E-state index is 13.5. The molecule has 0 heterocycles. The van der Waals surface area contributed by atoms with Gasteiger partial charge in [-0.3, -0.25) is 4.79 Å². The van der Waals surface area contributed by atoms with Crippen LogP contribution in [0.5, 0.6) is 0 Å². The summed E-state index contributed by atoms with van der Waals surface area (Å²) >= 11 is 5.57. The first-order valence-electron chi connectivity index (χ1n) is 5.46. The summed E-state index contributed by atoms with van der Waals surface area (Å²) in [6.07, 6.45) is 0.812. The molecule has 94 valence electrons. The molecule has 1 amide bonds. The van der Waals surface area contributed by atoms with Crippen molar-refractivity contribution in [2.75, 3.05) is 6.54 Å². The van der Waals surface area contributed by atoms with Crippen molar-refractivity contribution in [3.8, 4) is 0 Å². The van der Waals surface area contributed by atoms with E-state index in [1.165, 1.54) is 18.2 Å². The first-order chi connectivity index (χ1) is 8.06. The van der Waals surface area contributed by atoms with E-state index in [0.717, 1.165) is 6.42 Å². The molecule has 1 rings (SSSR count). The summed E-state index contributed by atoms with van der Waals surface area (Å²) in [7, 11) is 0. The van der Waals surface area contributed by atoms with Gasteiger partial charge in [-0.15, -0.1) is 0 Å². The second-order valence-electron chi connectivity index (χ2n) is 3.75. The van der Waals surface area contributed by atoms with E-state index in [4.69, 9.17) is 11.6 Å². The number of hydrogen-bond donors (Lipinski definition) is 2. The molecule has 0 saturated heterocycles. The lowest BCUT2D eigenvalue weighted by Crippen LogP contribution is -2.32. The third kappa shape index (κ3) is 3.98. The van der Waals surface area contributed by atoms with Gasteiger partial charge < -0.3 is 10.4 Å². The number of halogens is 2. The Hall–Kier alpha value is -1.13. The van der Waals surface area contributed by atoms with Crippen molar-refractivity contribution < 1.29 is 14.3 Å². The third-order valence-corrected chi connectivity index (χ3v) is 2.61. The standard InChI is InChI=1S/C12H15ClFNO2/c1-2-4-8(16)7-15-12(17)9-5-3-6-10(13)11(9)14/h3,5-6,8,16H,2,4,7H2,1H3,(H,15,17). The Morgan fingerprint density at radius 2 is 2.29 bits per heavy atom. The Balaban J connectivity index is 2.61. The Morgan fingerprint density at radius 1 is 1.59 bits per heavy atom. The minimum Gasteiger partial charge on any atom is -0.391 e. The SMILES string of the molecule is CCCC(O)CNC(=O)c1cccc(Cl)c1F. The molecule has 1 aromatic carbocycles. The van der Waals surface area contributed by atoms with Crippen molar-refractivity contribution >= 4 is 17.5 Å². The first kappa shape index (κ1) is 13.9. The molecule has 3 nitrogen and oxygen atoms in total. The Kier molecular flexibility index (Phi) is 5.38. The third-order valence-electron chi connectivity index (χ3n) is 2.32. The van der Waals surface area contributed by atoms with Crippen molar-refractivity contribution in [3.63, 3.8) is 0 Å². The van der Waals surface area contributed by atoms with Gasteiger partial charge in [0.05, 0.1) is 16.7 Å². The molecule has 1 aromatic rings. The first-order valence-corrected chi connectivity index (χ1v) is 5.84. The highest BCUT2D eigenvalue weighted by Crippen LogP contribution is 2.17. The van der Waals surface area contributed by atoms with E-state index in [1.807, 2.05) is 6.92 Å². The van der Waals surface area contributed by atoms with Gasteiger partial charge in [-0.1, -0.05) is 31.0 Å². The molecule has 0 aliphatic rings. The zero-order valence-electron chi connectivity index (χ0n) is 9.54. The summed E-state index contributed by atoms with van der Waals surface area (Å²) < 4.78 is 13.5. The molecule has 17 heavy (non-hydrogen) atoms. The fourth-order valence-corrected chi connectivity index (χ4v) is 1.59. The van der Waals surface area contributed by atoms with Gasteiger partial charge in [0.2, 0.25) is 0 Å². The minimum atomic E-state index is -0.739. The zero-order chi connectivity index (χ0) is 12.8. The molecule has 1 atom stereocenters. The highest BCUT2D eigenvalue weighted by atomic mass is 35.5. The van der Waals surface area contributed by atoms with Crippen LogP contribution in [0.1, 0.15) is 30.1 Å². The van der Waals surface area contributed by atoms with E-state index in [9.17, 15) is 14.3 Å². The average Bonchev–Trinajstić information content (AvgIpc) is 2.30. The fourth-order valence-electron chi connectivity index (χ4n) is 1.42. The van der Waals surface area contributed by atoms with E-state index >= 15 is 0 Å². The van der Waals surface area contributed by atoms with Gasteiger partial charge in [0.15, 0.2) is 5.82 Å². The van der Waals surface area contributed by atoms with Gasteiger partial charge in [-0.25, -0.2) is 4.39 Å². The van der Waals surface area contributed by atoms with Crippen molar-refractivity contribution in [1.29, 1.82) is 0 Å². The zero-order valence-corrected chi connectivity index (χ0v) is 10.3. The smallest absolute Gasteiger partial charge is 0.254 e. The normalized spacial score (nSPS) is 12.2. The molecule has 0 radical (unpaired) electrons. The second-order valence-corrected chi connectivity index (χ2v) is 4.16. The number of aliphatic hydroxyl groups excluding tert-OH is 1. The highest BCUT2D eigenvalue weighted by molar-refractivity contribution is 6.31. The van der Waals surface area contributed by atoms with Gasteiger partial charge in [-0.05, 0) is 18.6 Å². The predicted octanol–water partition coefficient (Wildman–Crippen LogP) is 2.37. The molecular formula is C12H15ClFNO2. The van der Waals surface area contributed by atoms with Crippen LogP contribution in [0.2, 0.25) is 5.02 Å². The van der Waals surface area contributed by atoms with Crippen LogP contribution in [0.4, 0.5) is 4.39 Å². The monoisotopic (exact) mass is 259 g/mol. The predicted molar refractivity (Wildman–Crippen MR) is 64.7 cm³/mol. The minimum absolute atomic E-state index is 0.0910. The van der Waals surface area contributed by atoms with Crippen molar-refractivity contribution in [3.05, 3.63) is 34.6 Å². The quantitative estimate of drug-likeness (QED) is 0.853. The van der Waals surface area contributed by atoms with Crippen LogP contribution in [0.3, 0.4) is 0 Å². The van der Waals surface area contributed by atoms with E-state index < -0.39 is 17.8 Å². The highest BCUT2D eigenvalue weighted by Gasteiger charge is 2.14. The molecular weight excluding hydrogens is 245 g/mol. The molecule has 0 aliphatic heterocycles. The number of carbonyl (C=O) groups excluding carboxylic acids is 1. The number of benzene rings is 1. The Morgan fingerprint density at radius 3 is 2.94 bits per heavy atom. The van der Waals surface area contributed by atoms with Crippen LogP contribution in [0, 0.1) is 5.82 Å². The largest absolute Gasteiger partial charge is 0.391 e. The Bertz CT molecular complexity index is 398. The second kappa shape index (κ2) is 6.57. The van der Waals surface area contributed by atoms with Gasteiger partial charge in [0.1, 0.15) is 0 Å². The van der Waals surface area contributed by atoms with E-state index in [-0.39, 0.29) is 17.1 Å². The number of aliphatic hydroxyl groups is 1. The van der Waals surface area contributed by atoms with E-state index in [2.05, 4.69) is 5.32 Å². The van der Waals surface area contributed by atoms with Crippen LogP contribution < -0.4 is 5.32 Å². The van der Waals surface area contributed by atoms with Crippen LogP contribution in [-0.2, 0) is 0 Å². The number of amides is 1. The van der Waals surface area contributed by atoms with Crippen LogP contribution in [-0.4, -0.2) is 23.7 Å². The topological polar surface area (TPSA) is 49.3 Å². The summed E-state index contributed by atoms with van der Waals surface area (Å²) in [6.45, 7) is 2.04. The summed E-state index contributed by atoms with van der Waals surface area (Å²) in [5, 5.41) is 11.8. The average molecular weight is 260 g/mol. The van der Waals surface area contributed by atoms with E-state index in [1.54, 1.807) is 0 Å². The molecule has 1 unspecified atom stereocenters. The fraction of sp³-hybridized carbons (Fsp3) is 0.417. The van der Waals surface area contributed by atoms with Gasteiger partial charge in [-0.2, -0.15) is 0 Å². The molecule has 0 spiro atoms.